The number of hydrogen-bond donors (Lipinski definition) is 3. The molecule has 1 saturated heterocycles. The van der Waals surface area contributed by atoms with Crippen LogP contribution in [0.5, 0.6) is 0 Å². The smallest absolute Gasteiger partial charge is 0.239 e. The predicted octanol–water partition coefficient (Wildman–Crippen LogP) is -0.746. The van der Waals surface area contributed by atoms with Gasteiger partial charge in [0.05, 0.1) is 13.2 Å². The van der Waals surface area contributed by atoms with Gasteiger partial charge >= 0.3 is 0 Å². The minimum Gasteiger partial charge on any atom is -0.396 e. The molecule has 1 aliphatic rings. The van der Waals surface area contributed by atoms with Crippen molar-refractivity contribution in [1.82, 2.24) is 10.6 Å². The third kappa shape index (κ3) is 5.11. The van der Waals surface area contributed by atoms with E-state index in [0.717, 1.165) is 25.8 Å². The molecule has 0 spiro atoms. The zero-order chi connectivity index (χ0) is 10.9. The molecule has 1 unspecified atom stereocenters. The van der Waals surface area contributed by atoms with Gasteiger partial charge in [-0.3, -0.25) is 4.79 Å². The van der Waals surface area contributed by atoms with Crippen LogP contribution in [0.3, 0.4) is 0 Å². The monoisotopic (exact) mass is 216 g/mol. The average Bonchev–Trinajstić information content (AvgIpc) is 2.30. The summed E-state index contributed by atoms with van der Waals surface area (Å²) in [4.78, 5) is 11.5. The summed E-state index contributed by atoms with van der Waals surface area (Å²) >= 11 is 0. The van der Waals surface area contributed by atoms with E-state index < -0.39 is 0 Å². The summed E-state index contributed by atoms with van der Waals surface area (Å²) < 4.78 is 5.19. The Morgan fingerprint density at radius 1 is 1.47 bits per heavy atom. The third-order valence-electron chi connectivity index (χ3n) is 2.37. The molecule has 15 heavy (non-hydrogen) atoms. The fourth-order valence-corrected chi connectivity index (χ4v) is 1.48. The molecule has 0 bridgehead atoms. The Labute approximate surface area is 90.2 Å². The van der Waals surface area contributed by atoms with Gasteiger partial charge in [0, 0.05) is 19.7 Å². The van der Waals surface area contributed by atoms with E-state index in [1.807, 2.05) is 0 Å². The molecule has 0 saturated carbocycles. The first-order valence-electron chi connectivity index (χ1n) is 5.54. The standard InChI is InChI=1S/C10H20N2O3/c13-6-3-1-2-4-12-10(14)9-8-15-7-5-11-9/h9,11,13H,1-8H2,(H,12,14). The summed E-state index contributed by atoms with van der Waals surface area (Å²) in [5.41, 5.74) is 0. The van der Waals surface area contributed by atoms with Crippen LogP contribution in [0.1, 0.15) is 19.3 Å². The van der Waals surface area contributed by atoms with E-state index in [-0.39, 0.29) is 18.6 Å². The molecule has 1 rings (SSSR count). The SMILES string of the molecule is O=C(NCCCCCO)C1COCCN1. The summed E-state index contributed by atoms with van der Waals surface area (Å²) in [6.07, 6.45) is 2.67. The minimum absolute atomic E-state index is 0.0127. The van der Waals surface area contributed by atoms with E-state index >= 15 is 0 Å². The van der Waals surface area contributed by atoms with Crippen LogP contribution in [0.2, 0.25) is 0 Å². The van der Waals surface area contributed by atoms with Gasteiger partial charge in [-0.05, 0) is 19.3 Å². The molecule has 5 nitrogen and oxygen atoms in total. The topological polar surface area (TPSA) is 70.6 Å². The number of nitrogens with one attached hydrogen (secondary N) is 2. The summed E-state index contributed by atoms with van der Waals surface area (Å²) in [5.74, 6) is 0.0127. The van der Waals surface area contributed by atoms with Crippen molar-refractivity contribution in [2.75, 3.05) is 32.9 Å². The number of carbonyl (C=O) groups excluding carboxylic acids is 1. The maximum atomic E-state index is 11.5. The normalized spacial score (nSPS) is 21.3. The highest BCUT2D eigenvalue weighted by Gasteiger charge is 2.20. The van der Waals surface area contributed by atoms with Crippen LogP contribution < -0.4 is 10.6 Å². The number of carbonyl (C=O) groups is 1. The Bertz CT molecular complexity index is 182. The van der Waals surface area contributed by atoms with E-state index in [4.69, 9.17) is 9.84 Å². The van der Waals surface area contributed by atoms with Crippen LogP contribution in [0.4, 0.5) is 0 Å². The fourth-order valence-electron chi connectivity index (χ4n) is 1.48. The molecule has 0 aromatic heterocycles. The molecular formula is C10H20N2O3. The molecule has 0 radical (unpaired) electrons. The fraction of sp³-hybridized carbons (Fsp3) is 0.900. The van der Waals surface area contributed by atoms with Crippen LogP contribution >= 0.6 is 0 Å². The van der Waals surface area contributed by atoms with Crippen molar-refractivity contribution in [3.05, 3.63) is 0 Å². The van der Waals surface area contributed by atoms with Crippen LogP contribution in [0, 0.1) is 0 Å². The number of amides is 1. The molecule has 1 amide bonds. The summed E-state index contributed by atoms with van der Waals surface area (Å²) in [7, 11) is 0. The van der Waals surface area contributed by atoms with Gasteiger partial charge in [-0.15, -0.1) is 0 Å². The zero-order valence-corrected chi connectivity index (χ0v) is 9.00. The Morgan fingerprint density at radius 3 is 3.00 bits per heavy atom. The van der Waals surface area contributed by atoms with Crippen molar-refractivity contribution >= 4 is 5.91 Å². The molecule has 5 heteroatoms. The third-order valence-corrected chi connectivity index (χ3v) is 2.37. The van der Waals surface area contributed by atoms with Crippen molar-refractivity contribution in [1.29, 1.82) is 0 Å². The van der Waals surface area contributed by atoms with Gasteiger partial charge in [-0.25, -0.2) is 0 Å². The molecule has 0 aliphatic carbocycles. The molecule has 3 N–H and O–H groups in total. The summed E-state index contributed by atoms with van der Waals surface area (Å²) in [5, 5.41) is 14.5. The first kappa shape index (κ1) is 12.4. The van der Waals surface area contributed by atoms with Gasteiger partial charge in [-0.2, -0.15) is 0 Å². The minimum atomic E-state index is -0.198. The first-order valence-corrected chi connectivity index (χ1v) is 5.54. The highest BCUT2D eigenvalue weighted by molar-refractivity contribution is 5.81. The Kier molecular flexibility index (Phi) is 6.31. The highest BCUT2D eigenvalue weighted by atomic mass is 16.5. The second kappa shape index (κ2) is 7.62. The van der Waals surface area contributed by atoms with Gasteiger partial charge < -0.3 is 20.5 Å². The van der Waals surface area contributed by atoms with E-state index in [0.29, 0.717) is 19.8 Å². The number of aliphatic hydroxyl groups is 1. The number of rotatable bonds is 6. The Morgan fingerprint density at radius 2 is 2.33 bits per heavy atom. The maximum Gasteiger partial charge on any atom is 0.239 e. The van der Waals surface area contributed by atoms with Crippen molar-refractivity contribution in [2.24, 2.45) is 0 Å². The van der Waals surface area contributed by atoms with Crippen LogP contribution in [-0.2, 0) is 9.53 Å². The second-order valence-corrected chi connectivity index (χ2v) is 3.66. The van der Waals surface area contributed by atoms with Crippen molar-refractivity contribution in [2.45, 2.75) is 25.3 Å². The first-order chi connectivity index (χ1) is 7.34. The van der Waals surface area contributed by atoms with E-state index in [9.17, 15) is 4.79 Å². The lowest BCUT2D eigenvalue weighted by Crippen LogP contribution is -2.51. The lowest BCUT2D eigenvalue weighted by molar-refractivity contribution is -0.125. The molecule has 1 fully saturated rings. The summed E-state index contributed by atoms with van der Waals surface area (Å²) in [6, 6.07) is -0.198. The van der Waals surface area contributed by atoms with E-state index in [2.05, 4.69) is 10.6 Å². The van der Waals surface area contributed by atoms with E-state index in [1.165, 1.54) is 0 Å². The number of morpholine rings is 1. The molecular weight excluding hydrogens is 196 g/mol. The predicted molar refractivity (Wildman–Crippen MR) is 56.6 cm³/mol. The highest BCUT2D eigenvalue weighted by Crippen LogP contribution is 1.95. The van der Waals surface area contributed by atoms with E-state index in [1.54, 1.807) is 0 Å². The van der Waals surface area contributed by atoms with Crippen molar-refractivity contribution in [3.63, 3.8) is 0 Å². The lowest BCUT2D eigenvalue weighted by atomic mass is 10.2. The van der Waals surface area contributed by atoms with Gasteiger partial charge in [0.2, 0.25) is 5.91 Å². The van der Waals surface area contributed by atoms with Gasteiger partial charge in [0.15, 0.2) is 0 Å². The molecule has 1 heterocycles. The Hall–Kier alpha value is -0.650. The molecule has 0 aromatic rings. The maximum absolute atomic E-state index is 11.5. The van der Waals surface area contributed by atoms with Gasteiger partial charge in [0.25, 0.3) is 0 Å². The molecule has 1 aliphatic heterocycles. The number of unbranched alkanes of at least 4 members (excludes halogenated alkanes) is 2. The number of aliphatic hydroxyl groups excluding tert-OH is 1. The van der Waals surface area contributed by atoms with Crippen LogP contribution in [-0.4, -0.2) is 50.0 Å². The van der Waals surface area contributed by atoms with Crippen molar-refractivity contribution in [3.8, 4) is 0 Å². The zero-order valence-electron chi connectivity index (χ0n) is 9.00. The number of hydrogen-bond acceptors (Lipinski definition) is 4. The largest absolute Gasteiger partial charge is 0.396 e. The molecule has 88 valence electrons. The average molecular weight is 216 g/mol. The van der Waals surface area contributed by atoms with Gasteiger partial charge in [-0.1, -0.05) is 0 Å². The Balaban J connectivity index is 2.02. The lowest BCUT2D eigenvalue weighted by Gasteiger charge is -2.22. The second-order valence-electron chi connectivity index (χ2n) is 3.66. The van der Waals surface area contributed by atoms with Crippen molar-refractivity contribution < 1.29 is 14.6 Å². The molecule has 1 atom stereocenters. The van der Waals surface area contributed by atoms with Gasteiger partial charge in [0.1, 0.15) is 6.04 Å². The summed E-state index contributed by atoms with van der Waals surface area (Å²) in [6.45, 7) is 2.79. The van der Waals surface area contributed by atoms with Crippen LogP contribution in [0.15, 0.2) is 0 Å². The number of ether oxygens (including phenoxy) is 1. The molecule has 0 aromatic carbocycles. The van der Waals surface area contributed by atoms with Crippen LogP contribution in [0.25, 0.3) is 0 Å². The quantitative estimate of drug-likeness (QED) is 0.511.